The van der Waals surface area contributed by atoms with Crippen molar-refractivity contribution < 1.29 is 8.78 Å². The first-order valence-electron chi connectivity index (χ1n) is 5.40. The van der Waals surface area contributed by atoms with Crippen molar-refractivity contribution in [1.29, 1.82) is 0 Å². The lowest BCUT2D eigenvalue weighted by atomic mass is 10.0. The average Bonchev–Trinajstić information content (AvgIpc) is 2.28. The Labute approximate surface area is 127 Å². The SMILES string of the molecule is Fc1cccc(CC(Br)c2ccc(F)cc2I)c1. The lowest BCUT2D eigenvalue weighted by Gasteiger charge is -2.12. The minimum atomic E-state index is -0.242. The molecule has 2 aromatic rings. The molecule has 2 aromatic carbocycles. The summed E-state index contributed by atoms with van der Waals surface area (Å²) >= 11 is 5.68. The molecule has 0 nitrogen and oxygen atoms in total. The Bertz CT molecular complexity index is 557. The number of benzene rings is 2. The maximum Gasteiger partial charge on any atom is 0.124 e. The molecule has 0 aliphatic heterocycles. The molecule has 1 atom stereocenters. The molecule has 0 bridgehead atoms. The first-order valence-corrected chi connectivity index (χ1v) is 7.39. The number of halogens is 4. The quantitative estimate of drug-likeness (QED) is 0.468. The van der Waals surface area contributed by atoms with Gasteiger partial charge in [-0.15, -0.1) is 0 Å². The molecule has 0 saturated carbocycles. The molecular weight excluding hydrogens is 413 g/mol. The molecule has 0 radical (unpaired) electrons. The van der Waals surface area contributed by atoms with Crippen molar-refractivity contribution in [1.82, 2.24) is 0 Å². The predicted molar refractivity (Wildman–Crippen MR) is 80.9 cm³/mol. The highest BCUT2D eigenvalue weighted by Crippen LogP contribution is 2.31. The van der Waals surface area contributed by atoms with Gasteiger partial charge in [-0.25, -0.2) is 8.78 Å². The van der Waals surface area contributed by atoms with E-state index in [-0.39, 0.29) is 16.5 Å². The van der Waals surface area contributed by atoms with Gasteiger partial charge in [0.2, 0.25) is 0 Å². The Morgan fingerprint density at radius 1 is 1.06 bits per heavy atom. The van der Waals surface area contributed by atoms with Crippen LogP contribution >= 0.6 is 38.5 Å². The summed E-state index contributed by atoms with van der Waals surface area (Å²) in [5.74, 6) is -0.477. The first kappa shape index (κ1) is 13.9. The van der Waals surface area contributed by atoms with Crippen LogP contribution in [0.25, 0.3) is 0 Å². The maximum absolute atomic E-state index is 13.1. The van der Waals surface area contributed by atoms with Crippen molar-refractivity contribution in [3.8, 4) is 0 Å². The highest BCUT2D eigenvalue weighted by molar-refractivity contribution is 14.1. The minimum absolute atomic E-state index is 0.0480. The lowest BCUT2D eigenvalue weighted by molar-refractivity contribution is 0.624. The Morgan fingerprint density at radius 2 is 1.78 bits per heavy atom. The molecule has 0 fully saturated rings. The summed E-state index contributed by atoms with van der Waals surface area (Å²) in [5, 5.41) is 0. The van der Waals surface area contributed by atoms with E-state index in [2.05, 4.69) is 38.5 Å². The average molecular weight is 423 g/mol. The third kappa shape index (κ3) is 3.51. The van der Waals surface area contributed by atoms with Gasteiger partial charge in [0.25, 0.3) is 0 Å². The van der Waals surface area contributed by atoms with Crippen LogP contribution in [0.15, 0.2) is 42.5 Å². The van der Waals surface area contributed by atoms with Crippen LogP contribution in [0.3, 0.4) is 0 Å². The zero-order valence-corrected chi connectivity index (χ0v) is 13.1. The largest absolute Gasteiger partial charge is 0.207 e. The molecule has 4 heteroatoms. The molecule has 0 amide bonds. The van der Waals surface area contributed by atoms with E-state index in [1.54, 1.807) is 12.1 Å². The van der Waals surface area contributed by atoms with E-state index in [4.69, 9.17) is 0 Å². The first-order chi connectivity index (χ1) is 8.56. The molecule has 0 N–H and O–H groups in total. The molecule has 0 saturated heterocycles. The summed E-state index contributed by atoms with van der Waals surface area (Å²) in [5.41, 5.74) is 1.93. The van der Waals surface area contributed by atoms with E-state index >= 15 is 0 Å². The van der Waals surface area contributed by atoms with Crippen molar-refractivity contribution in [2.45, 2.75) is 11.2 Å². The van der Waals surface area contributed by atoms with Crippen LogP contribution < -0.4 is 0 Å². The topological polar surface area (TPSA) is 0 Å². The monoisotopic (exact) mass is 422 g/mol. The van der Waals surface area contributed by atoms with Crippen molar-refractivity contribution in [2.75, 3.05) is 0 Å². The van der Waals surface area contributed by atoms with Crippen molar-refractivity contribution in [3.63, 3.8) is 0 Å². The third-order valence-corrected chi connectivity index (χ3v) is 4.36. The minimum Gasteiger partial charge on any atom is -0.207 e. The van der Waals surface area contributed by atoms with Crippen LogP contribution in [0.1, 0.15) is 16.0 Å². The lowest BCUT2D eigenvalue weighted by Crippen LogP contribution is -1.99. The predicted octanol–water partition coefficient (Wildman–Crippen LogP) is 5.25. The molecule has 2 rings (SSSR count). The molecule has 18 heavy (non-hydrogen) atoms. The van der Waals surface area contributed by atoms with Crippen molar-refractivity contribution in [2.24, 2.45) is 0 Å². The van der Waals surface area contributed by atoms with Crippen molar-refractivity contribution in [3.05, 3.63) is 68.8 Å². The van der Waals surface area contributed by atoms with Crippen LogP contribution in [0.4, 0.5) is 8.78 Å². The second-order valence-electron chi connectivity index (χ2n) is 3.97. The molecule has 0 aromatic heterocycles. The van der Waals surface area contributed by atoms with E-state index in [1.165, 1.54) is 24.3 Å². The zero-order chi connectivity index (χ0) is 13.1. The van der Waals surface area contributed by atoms with Crippen LogP contribution in [-0.2, 0) is 6.42 Å². The van der Waals surface area contributed by atoms with Gasteiger partial charge in [0.05, 0.1) is 0 Å². The maximum atomic E-state index is 13.1. The van der Waals surface area contributed by atoms with Crippen LogP contribution in [0.5, 0.6) is 0 Å². The van der Waals surface area contributed by atoms with Crippen LogP contribution in [-0.4, -0.2) is 0 Å². The fraction of sp³-hybridized carbons (Fsp3) is 0.143. The zero-order valence-electron chi connectivity index (χ0n) is 9.34. The van der Waals surface area contributed by atoms with E-state index in [1.807, 2.05) is 6.07 Å². The van der Waals surface area contributed by atoms with Crippen LogP contribution in [0.2, 0.25) is 0 Å². The number of hydrogen-bond acceptors (Lipinski definition) is 0. The van der Waals surface area contributed by atoms with E-state index in [0.29, 0.717) is 6.42 Å². The van der Waals surface area contributed by atoms with Gasteiger partial charge in [0.15, 0.2) is 0 Å². The Hall–Kier alpha value is -0.490. The number of alkyl halides is 1. The normalized spacial score (nSPS) is 12.4. The van der Waals surface area contributed by atoms with Gasteiger partial charge in [-0.3, -0.25) is 0 Å². The van der Waals surface area contributed by atoms with Gasteiger partial charge in [0, 0.05) is 8.40 Å². The number of hydrogen-bond donors (Lipinski definition) is 0. The summed E-state index contributed by atoms with van der Waals surface area (Å²) in [6.45, 7) is 0. The van der Waals surface area contributed by atoms with E-state index in [0.717, 1.165) is 14.7 Å². The summed E-state index contributed by atoms with van der Waals surface area (Å²) in [4.78, 5) is 0.0480. The summed E-state index contributed by atoms with van der Waals surface area (Å²) < 4.78 is 27.0. The summed E-state index contributed by atoms with van der Waals surface area (Å²) in [6, 6.07) is 11.2. The Balaban J connectivity index is 2.19. The fourth-order valence-corrected chi connectivity index (χ4v) is 3.79. The summed E-state index contributed by atoms with van der Waals surface area (Å²) in [7, 11) is 0. The molecule has 0 spiro atoms. The highest BCUT2D eigenvalue weighted by atomic mass is 127. The van der Waals surface area contributed by atoms with E-state index in [9.17, 15) is 8.78 Å². The fourth-order valence-electron chi connectivity index (χ4n) is 1.74. The van der Waals surface area contributed by atoms with Gasteiger partial charge in [0.1, 0.15) is 11.6 Å². The van der Waals surface area contributed by atoms with Gasteiger partial charge >= 0.3 is 0 Å². The molecular formula is C14H10BrF2I. The molecule has 1 unspecified atom stereocenters. The molecule has 0 aliphatic rings. The standard InChI is InChI=1S/C14H10BrF2I/c15-13(7-9-2-1-3-10(16)6-9)12-5-4-11(17)8-14(12)18/h1-6,8,13H,7H2. The van der Waals surface area contributed by atoms with Crippen LogP contribution in [0, 0.1) is 15.2 Å². The second-order valence-corrected chi connectivity index (χ2v) is 6.23. The molecule has 0 heterocycles. The van der Waals surface area contributed by atoms with E-state index < -0.39 is 0 Å². The second kappa shape index (κ2) is 6.10. The molecule has 0 aliphatic carbocycles. The van der Waals surface area contributed by atoms with Gasteiger partial charge in [-0.05, 0) is 64.4 Å². The summed E-state index contributed by atoms with van der Waals surface area (Å²) in [6.07, 6.45) is 0.666. The smallest absolute Gasteiger partial charge is 0.124 e. The Morgan fingerprint density at radius 3 is 2.44 bits per heavy atom. The van der Waals surface area contributed by atoms with Crippen molar-refractivity contribution >= 4 is 38.5 Å². The van der Waals surface area contributed by atoms with Gasteiger partial charge in [-0.1, -0.05) is 34.1 Å². The van der Waals surface area contributed by atoms with Gasteiger partial charge < -0.3 is 0 Å². The van der Waals surface area contributed by atoms with Gasteiger partial charge in [-0.2, -0.15) is 0 Å². The Kier molecular flexibility index (Phi) is 4.72. The third-order valence-electron chi connectivity index (χ3n) is 2.60. The molecule has 94 valence electrons. The highest BCUT2D eigenvalue weighted by Gasteiger charge is 2.12. The number of rotatable bonds is 3.